The lowest BCUT2D eigenvalue weighted by Gasteiger charge is -2.17. The van der Waals surface area contributed by atoms with Gasteiger partial charge in [-0.1, -0.05) is 45.9 Å². The zero-order chi connectivity index (χ0) is 18.0. The van der Waals surface area contributed by atoms with Crippen molar-refractivity contribution < 1.29 is 14.7 Å². The number of rotatable bonds is 4. The number of amidine groups is 1. The Hall–Kier alpha value is -2.32. The number of phenols is 1. The Morgan fingerprint density at radius 3 is 2.64 bits per heavy atom. The molecule has 128 valence electrons. The Morgan fingerprint density at radius 2 is 2.00 bits per heavy atom. The normalized spacial score (nSPS) is 19.6. The van der Waals surface area contributed by atoms with Gasteiger partial charge in [0.05, 0.1) is 11.6 Å². The fourth-order valence-corrected chi connectivity index (χ4v) is 3.91. The first-order valence-corrected chi connectivity index (χ1v) is 9.01. The number of primary amides is 1. The van der Waals surface area contributed by atoms with Crippen LogP contribution in [0.1, 0.15) is 11.5 Å². The lowest BCUT2D eigenvalue weighted by atomic mass is 9.94. The minimum absolute atomic E-state index is 0.0811. The molecule has 0 aliphatic carbocycles. The molecule has 3 rings (SSSR count). The van der Waals surface area contributed by atoms with Gasteiger partial charge in [-0.25, -0.2) is 4.99 Å². The number of hydrogen-bond donors (Lipinski definition) is 3. The van der Waals surface area contributed by atoms with E-state index in [4.69, 9.17) is 5.73 Å². The van der Waals surface area contributed by atoms with Gasteiger partial charge in [-0.2, -0.15) is 0 Å². The summed E-state index contributed by atoms with van der Waals surface area (Å²) in [5.74, 6) is -1.59. The second kappa shape index (κ2) is 7.28. The van der Waals surface area contributed by atoms with Gasteiger partial charge in [-0.3, -0.25) is 9.59 Å². The fourth-order valence-electron chi connectivity index (χ4n) is 2.49. The molecule has 25 heavy (non-hydrogen) atoms. The van der Waals surface area contributed by atoms with Gasteiger partial charge in [-0.05, 0) is 29.8 Å². The summed E-state index contributed by atoms with van der Waals surface area (Å²) in [4.78, 5) is 28.6. The molecule has 2 unspecified atom stereocenters. The minimum Gasteiger partial charge on any atom is -0.508 e. The van der Waals surface area contributed by atoms with Crippen LogP contribution in [0.2, 0.25) is 0 Å². The van der Waals surface area contributed by atoms with Gasteiger partial charge in [0.2, 0.25) is 11.8 Å². The Bertz CT molecular complexity index is 854. The molecule has 6 nitrogen and oxygen atoms in total. The number of benzene rings is 2. The van der Waals surface area contributed by atoms with E-state index in [1.807, 2.05) is 0 Å². The molecule has 1 aliphatic rings. The Balaban J connectivity index is 1.87. The van der Waals surface area contributed by atoms with E-state index in [2.05, 4.69) is 26.2 Å². The Kier molecular flexibility index (Phi) is 5.10. The molecule has 2 aromatic rings. The highest BCUT2D eigenvalue weighted by Gasteiger charge is 2.40. The Morgan fingerprint density at radius 1 is 1.28 bits per heavy atom. The van der Waals surface area contributed by atoms with Gasteiger partial charge in [0.25, 0.3) is 0 Å². The van der Waals surface area contributed by atoms with Crippen molar-refractivity contribution in [2.75, 3.05) is 0 Å². The van der Waals surface area contributed by atoms with Crippen LogP contribution in [0, 0.1) is 0 Å². The lowest BCUT2D eigenvalue weighted by molar-refractivity contribution is -0.124. The topological polar surface area (TPSA) is 105 Å². The van der Waals surface area contributed by atoms with E-state index in [9.17, 15) is 14.7 Å². The lowest BCUT2D eigenvalue weighted by Crippen LogP contribution is -2.35. The molecule has 0 radical (unpaired) electrons. The third-order valence-electron chi connectivity index (χ3n) is 3.63. The monoisotopic (exact) mass is 419 g/mol. The maximum atomic E-state index is 12.3. The summed E-state index contributed by atoms with van der Waals surface area (Å²) >= 11 is 4.49. The zero-order valence-electron chi connectivity index (χ0n) is 12.8. The number of hydrogen-bond acceptors (Lipinski definition) is 5. The van der Waals surface area contributed by atoms with Crippen molar-refractivity contribution in [3.8, 4) is 5.75 Å². The van der Waals surface area contributed by atoms with E-state index in [-0.39, 0.29) is 11.7 Å². The van der Waals surface area contributed by atoms with Gasteiger partial charge in [0, 0.05) is 10.5 Å². The molecule has 1 heterocycles. The third kappa shape index (κ3) is 4.02. The van der Waals surface area contributed by atoms with E-state index in [1.165, 1.54) is 12.1 Å². The highest BCUT2D eigenvalue weighted by atomic mass is 79.9. The van der Waals surface area contributed by atoms with E-state index < -0.39 is 17.1 Å². The molecule has 1 aliphatic heterocycles. The largest absolute Gasteiger partial charge is 0.508 e. The van der Waals surface area contributed by atoms with Gasteiger partial charge in [0.1, 0.15) is 11.0 Å². The molecular formula is C17H14BrN3O3S. The van der Waals surface area contributed by atoms with Crippen LogP contribution < -0.4 is 11.1 Å². The molecule has 0 spiro atoms. The van der Waals surface area contributed by atoms with Gasteiger partial charge in [0.15, 0.2) is 5.17 Å². The molecule has 0 saturated carbocycles. The second-order valence-electron chi connectivity index (χ2n) is 5.40. The van der Waals surface area contributed by atoms with Gasteiger partial charge >= 0.3 is 0 Å². The van der Waals surface area contributed by atoms with Crippen LogP contribution in [-0.4, -0.2) is 27.3 Å². The first kappa shape index (κ1) is 17.5. The number of nitrogens with two attached hydrogens (primary N) is 1. The third-order valence-corrected chi connectivity index (χ3v) is 5.31. The molecule has 2 amide bonds. The van der Waals surface area contributed by atoms with Crippen LogP contribution in [0.4, 0.5) is 5.69 Å². The van der Waals surface area contributed by atoms with Crippen molar-refractivity contribution in [2.45, 2.75) is 11.2 Å². The number of thioether (sulfide) groups is 1. The minimum atomic E-state index is -0.769. The highest BCUT2D eigenvalue weighted by Crippen LogP contribution is 2.34. The van der Waals surface area contributed by atoms with Crippen LogP contribution >= 0.6 is 27.7 Å². The standard InChI is InChI=1S/C17H14BrN3O3S/c18-10-6-4-9(5-7-10)13(15(19)23)14-16(24)21-17(25-14)20-11-2-1-3-12(22)8-11/h1-8,13-14,22H,(H2,19,23)(H,20,21,24). The number of nitrogens with one attached hydrogen (secondary N) is 1. The number of aromatic hydroxyl groups is 1. The SMILES string of the molecule is NC(=O)C(c1ccc(Br)cc1)C1SC(=Nc2cccc(O)c2)NC1=O. The maximum Gasteiger partial charge on any atom is 0.240 e. The molecule has 2 aromatic carbocycles. The molecule has 2 atom stereocenters. The number of aliphatic imine (C=N–C) groups is 1. The number of carbonyl (C=O) groups excluding carboxylic acids is 2. The molecular weight excluding hydrogens is 406 g/mol. The number of amides is 2. The average Bonchev–Trinajstić information content (AvgIpc) is 2.89. The molecule has 0 aromatic heterocycles. The Labute approximate surface area is 156 Å². The van der Waals surface area contributed by atoms with E-state index in [0.717, 1.165) is 16.2 Å². The summed E-state index contributed by atoms with van der Waals surface area (Å²) in [6, 6.07) is 13.5. The first-order chi connectivity index (χ1) is 11.9. The second-order valence-corrected chi connectivity index (χ2v) is 7.44. The number of halogens is 1. The van der Waals surface area contributed by atoms with Crippen LogP contribution in [0.5, 0.6) is 5.75 Å². The smallest absolute Gasteiger partial charge is 0.240 e. The van der Waals surface area contributed by atoms with Crippen molar-refractivity contribution >= 4 is 50.4 Å². The summed E-state index contributed by atoms with van der Waals surface area (Å²) < 4.78 is 0.870. The quantitative estimate of drug-likeness (QED) is 0.707. The fraction of sp³-hybridized carbons (Fsp3) is 0.118. The predicted octanol–water partition coefficient (Wildman–Crippen LogP) is 2.64. The molecule has 1 saturated heterocycles. The number of nitrogens with zero attached hydrogens (tertiary/aromatic N) is 1. The van der Waals surface area contributed by atoms with E-state index in [1.54, 1.807) is 36.4 Å². The van der Waals surface area contributed by atoms with Gasteiger partial charge in [-0.15, -0.1) is 0 Å². The zero-order valence-corrected chi connectivity index (χ0v) is 15.3. The van der Waals surface area contributed by atoms with Crippen LogP contribution in [-0.2, 0) is 9.59 Å². The highest BCUT2D eigenvalue weighted by molar-refractivity contribution is 9.10. The van der Waals surface area contributed by atoms with E-state index >= 15 is 0 Å². The van der Waals surface area contributed by atoms with Crippen molar-refractivity contribution in [3.05, 3.63) is 58.6 Å². The molecule has 0 bridgehead atoms. The van der Waals surface area contributed by atoms with Gasteiger partial charge < -0.3 is 16.2 Å². The summed E-state index contributed by atoms with van der Waals surface area (Å²) in [6.45, 7) is 0. The number of carbonyl (C=O) groups is 2. The molecule has 1 fully saturated rings. The summed E-state index contributed by atoms with van der Waals surface area (Å²) in [7, 11) is 0. The van der Waals surface area contributed by atoms with Crippen molar-refractivity contribution in [1.82, 2.24) is 5.32 Å². The summed E-state index contributed by atoms with van der Waals surface area (Å²) in [5.41, 5.74) is 6.72. The van der Waals surface area contributed by atoms with Crippen LogP contribution in [0.15, 0.2) is 58.0 Å². The van der Waals surface area contributed by atoms with Crippen LogP contribution in [0.3, 0.4) is 0 Å². The van der Waals surface area contributed by atoms with Crippen molar-refractivity contribution in [2.24, 2.45) is 10.7 Å². The molecule has 4 N–H and O–H groups in total. The number of phenolic OH excluding ortho intramolecular Hbond substituents is 1. The molecule has 8 heteroatoms. The van der Waals surface area contributed by atoms with Crippen molar-refractivity contribution in [1.29, 1.82) is 0 Å². The maximum absolute atomic E-state index is 12.3. The summed E-state index contributed by atoms with van der Waals surface area (Å²) in [5, 5.41) is 11.8. The predicted molar refractivity (Wildman–Crippen MR) is 101 cm³/mol. The van der Waals surface area contributed by atoms with E-state index in [0.29, 0.717) is 16.4 Å². The average molecular weight is 420 g/mol. The summed E-state index contributed by atoms with van der Waals surface area (Å²) in [6.07, 6.45) is 0. The van der Waals surface area contributed by atoms with Crippen LogP contribution in [0.25, 0.3) is 0 Å². The van der Waals surface area contributed by atoms with Crippen molar-refractivity contribution in [3.63, 3.8) is 0 Å². The first-order valence-electron chi connectivity index (χ1n) is 7.34.